The lowest BCUT2D eigenvalue weighted by Gasteiger charge is -2.12. The smallest absolute Gasteiger partial charge is 0.373 e. The largest absolute Gasteiger partial charge is 0.490 e. The van der Waals surface area contributed by atoms with Crippen molar-refractivity contribution in [1.29, 1.82) is 0 Å². The van der Waals surface area contributed by atoms with Crippen molar-refractivity contribution in [2.45, 2.75) is 13.8 Å². The van der Waals surface area contributed by atoms with Gasteiger partial charge in [0.2, 0.25) is 11.6 Å². The molecule has 0 saturated heterocycles. The molecule has 1 aromatic carbocycles. The van der Waals surface area contributed by atoms with Gasteiger partial charge >= 0.3 is 5.63 Å². The Morgan fingerprint density at radius 2 is 2.10 bits per heavy atom. The highest BCUT2D eigenvalue weighted by atomic mass is 19.1. The van der Waals surface area contributed by atoms with E-state index >= 15 is 0 Å². The molecule has 0 fully saturated rings. The van der Waals surface area contributed by atoms with Crippen molar-refractivity contribution in [3.05, 3.63) is 33.9 Å². The van der Waals surface area contributed by atoms with Crippen molar-refractivity contribution in [1.82, 2.24) is 0 Å². The third kappa shape index (κ3) is 2.36. The van der Waals surface area contributed by atoms with E-state index in [9.17, 15) is 14.0 Å². The van der Waals surface area contributed by atoms with Crippen LogP contribution in [0.25, 0.3) is 11.0 Å². The van der Waals surface area contributed by atoms with Gasteiger partial charge in [-0.15, -0.1) is 0 Å². The maximum Gasteiger partial charge on any atom is 0.373 e. The van der Waals surface area contributed by atoms with Crippen molar-refractivity contribution in [3.8, 4) is 11.5 Å². The predicted molar refractivity (Wildman–Crippen MR) is 69.9 cm³/mol. The minimum Gasteiger partial charge on any atom is -0.490 e. The highest BCUT2D eigenvalue weighted by Gasteiger charge is 2.18. The number of fused-ring (bicyclic) bond motifs is 1. The summed E-state index contributed by atoms with van der Waals surface area (Å²) >= 11 is 0. The van der Waals surface area contributed by atoms with Gasteiger partial charge in [0.25, 0.3) is 0 Å². The summed E-state index contributed by atoms with van der Waals surface area (Å²) in [5.41, 5.74) is -0.804. The van der Waals surface area contributed by atoms with Gasteiger partial charge < -0.3 is 13.9 Å². The van der Waals surface area contributed by atoms with Gasteiger partial charge in [0.05, 0.1) is 7.11 Å². The van der Waals surface area contributed by atoms with E-state index in [0.717, 1.165) is 0 Å². The Hall–Kier alpha value is -2.37. The average molecular weight is 280 g/mol. The number of carbonyl (C=O) groups excluding carboxylic acids is 1. The summed E-state index contributed by atoms with van der Waals surface area (Å²) in [7, 11) is 1.37. The second-order valence-corrected chi connectivity index (χ2v) is 4.29. The van der Waals surface area contributed by atoms with E-state index in [1.165, 1.54) is 27.0 Å². The maximum atomic E-state index is 13.5. The first-order valence-corrected chi connectivity index (χ1v) is 5.87. The molecule has 20 heavy (non-hydrogen) atoms. The van der Waals surface area contributed by atoms with Crippen LogP contribution < -0.4 is 15.1 Å². The topological polar surface area (TPSA) is 65.7 Å². The van der Waals surface area contributed by atoms with Gasteiger partial charge in [-0.1, -0.05) is 0 Å². The molecule has 106 valence electrons. The molecule has 0 N–H and O–H groups in total. The Labute approximate surface area is 113 Å². The summed E-state index contributed by atoms with van der Waals surface area (Å²) in [6.45, 7) is 2.73. The number of ketones is 1. The fraction of sp³-hybridized carbons (Fsp3) is 0.286. The number of ether oxygens (including phenoxy) is 2. The second-order valence-electron chi connectivity index (χ2n) is 4.29. The lowest BCUT2D eigenvalue weighted by Crippen LogP contribution is -2.10. The number of carbonyl (C=O) groups is 1. The lowest BCUT2D eigenvalue weighted by atomic mass is 10.1. The van der Waals surface area contributed by atoms with E-state index in [4.69, 9.17) is 13.9 Å². The molecule has 0 aliphatic carbocycles. The van der Waals surface area contributed by atoms with Crippen molar-refractivity contribution in [3.63, 3.8) is 0 Å². The summed E-state index contributed by atoms with van der Waals surface area (Å²) in [6.07, 6.45) is 0. The number of rotatable bonds is 4. The van der Waals surface area contributed by atoms with Gasteiger partial charge in [-0.05, 0) is 26.0 Å². The maximum absolute atomic E-state index is 13.5. The van der Waals surface area contributed by atoms with Crippen LogP contribution in [0, 0.1) is 12.7 Å². The van der Waals surface area contributed by atoms with Crippen molar-refractivity contribution in [2.75, 3.05) is 13.7 Å². The molecule has 0 radical (unpaired) electrons. The quantitative estimate of drug-likeness (QED) is 0.803. The van der Waals surface area contributed by atoms with Crippen molar-refractivity contribution >= 4 is 16.8 Å². The van der Waals surface area contributed by atoms with Gasteiger partial charge in [0.1, 0.15) is 6.61 Å². The van der Waals surface area contributed by atoms with Crippen LogP contribution in [-0.4, -0.2) is 19.5 Å². The van der Waals surface area contributed by atoms with Crippen LogP contribution >= 0.6 is 0 Å². The SMILES string of the molecule is COc1c(OCC(C)=O)ccc2c(C)c(F)c(=O)oc12. The highest BCUT2D eigenvalue weighted by Crippen LogP contribution is 2.36. The van der Waals surface area contributed by atoms with Gasteiger partial charge in [-0.2, -0.15) is 4.39 Å². The van der Waals surface area contributed by atoms with Crippen LogP contribution in [0.3, 0.4) is 0 Å². The third-order valence-corrected chi connectivity index (χ3v) is 2.82. The van der Waals surface area contributed by atoms with Crippen molar-refractivity contribution < 1.29 is 23.1 Å². The molecule has 0 atom stereocenters. The monoisotopic (exact) mass is 280 g/mol. The first-order chi connectivity index (χ1) is 9.45. The molecule has 0 unspecified atom stereocenters. The number of hydrogen-bond acceptors (Lipinski definition) is 5. The molecule has 0 aliphatic heterocycles. The molecule has 0 bridgehead atoms. The molecular formula is C14H13FO5. The molecule has 6 heteroatoms. The number of halogens is 1. The lowest BCUT2D eigenvalue weighted by molar-refractivity contribution is -0.118. The minimum atomic E-state index is -1.07. The Kier molecular flexibility index (Phi) is 3.74. The number of aryl methyl sites for hydroxylation is 1. The summed E-state index contributed by atoms with van der Waals surface area (Å²) < 4.78 is 28.9. The Balaban J connectivity index is 2.67. The predicted octanol–water partition coefficient (Wildman–Crippen LogP) is 2.22. The molecule has 1 aromatic heterocycles. The molecule has 0 saturated carbocycles. The zero-order valence-electron chi connectivity index (χ0n) is 11.3. The Morgan fingerprint density at radius 3 is 2.70 bits per heavy atom. The molecule has 0 amide bonds. The number of methoxy groups -OCH3 is 1. The number of hydrogen-bond donors (Lipinski definition) is 0. The molecule has 0 spiro atoms. The first kappa shape index (κ1) is 14.0. The van der Waals surface area contributed by atoms with Crippen LogP contribution in [0.4, 0.5) is 4.39 Å². The second kappa shape index (κ2) is 5.32. The van der Waals surface area contributed by atoms with E-state index in [-0.39, 0.29) is 35.0 Å². The number of benzene rings is 1. The van der Waals surface area contributed by atoms with E-state index in [0.29, 0.717) is 5.39 Å². The molecule has 1 heterocycles. The summed E-state index contributed by atoms with van der Waals surface area (Å²) in [6, 6.07) is 3.09. The Morgan fingerprint density at radius 1 is 1.40 bits per heavy atom. The molecule has 2 aromatic rings. The molecule has 2 rings (SSSR count). The van der Waals surface area contributed by atoms with Gasteiger partial charge in [-0.25, -0.2) is 4.79 Å². The number of Topliss-reactive ketones (excluding diaryl/α,β-unsaturated/α-hetero) is 1. The zero-order valence-corrected chi connectivity index (χ0v) is 11.3. The zero-order chi connectivity index (χ0) is 14.9. The molecule has 0 aliphatic rings. The Bertz CT molecular complexity index is 732. The van der Waals surface area contributed by atoms with Gasteiger partial charge in [0.15, 0.2) is 17.1 Å². The summed E-state index contributed by atoms with van der Waals surface area (Å²) in [5.74, 6) is -0.686. The van der Waals surface area contributed by atoms with E-state index < -0.39 is 11.4 Å². The molecule has 5 nitrogen and oxygen atoms in total. The minimum absolute atomic E-state index is 0.0949. The first-order valence-electron chi connectivity index (χ1n) is 5.87. The fourth-order valence-electron chi connectivity index (χ4n) is 1.84. The summed E-state index contributed by atoms with van der Waals surface area (Å²) in [5, 5.41) is 0.411. The van der Waals surface area contributed by atoms with Crippen molar-refractivity contribution in [2.24, 2.45) is 0 Å². The average Bonchev–Trinajstić information content (AvgIpc) is 2.42. The standard InChI is InChI=1S/C14H13FO5/c1-7(16)6-19-10-5-4-9-8(2)11(15)14(17)20-12(9)13(10)18-3/h4-5H,6H2,1-3H3. The normalized spacial score (nSPS) is 10.6. The van der Waals surface area contributed by atoms with Gasteiger partial charge in [-0.3, -0.25) is 4.79 Å². The van der Waals surface area contributed by atoms with E-state index in [1.54, 1.807) is 6.07 Å². The van der Waals surface area contributed by atoms with Crippen LogP contribution in [0.1, 0.15) is 12.5 Å². The summed E-state index contributed by atoms with van der Waals surface area (Å²) in [4.78, 5) is 22.4. The van der Waals surface area contributed by atoms with E-state index in [2.05, 4.69) is 0 Å². The van der Waals surface area contributed by atoms with Crippen LogP contribution in [0.5, 0.6) is 11.5 Å². The van der Waals surface area contributed by atoms with Crippen LogP contribution in [0.2, 0.25) is 0 Å². The molecular weight excluding hydrogens is 267 g/mol. The van der Waals surface area contributed by atoms with Gasteiger partial charge in [0, 0.05) is 10.9 Å². The fourth-order valence-corrected chi connectivity index (χ4v) is 1.84. The third-order valence-electron chi connectivity index (χ3n) is 2.82. The van der Waals surface area contributed by atoms with E-state index in [1.807, 2.05) is 0 Å². The van der Waals surface area contributed by atoms with Crippen LogP contribution in [0.15, 0.2) is 21.3 Å². The highest BCUT2D eigenvalue weighted by molar-refractivity contribution is 5.88. The van der Waals surface area contributed by atoms with Crippen LogP contribution in [-0.2, 0) is 4.79 Å².